The van der Waals surface area contributed by atoms with Crippen LogP contribution in [0.3, 0.4) is 0 Å². The van der Waals surface area contributed by atoms with Crippen molar-refractivity contribution in [3.8, 4) is 0 Å². The van der Waals surface area contributed by atoms with Crippen LogP contribution < -0.4 is 5.32 Å². The van der Waals surface area contributed by atoms with Crippen molar-refractivity contribution in [3.05, 3.63) is 76.5 Å². The van der Waals surface area contributed by atoms with Gasteiger partial charge in [-0.2, -0.15) is 0 Å². The van der Waals surface area contributed by atoms with Crippen molar-refractivity contribution >= 4 is 24.1 Å². The van der Waals surface area contributed by atoms with E-state index in [0.29, 0.717) is 18.4 Å². The minimum absolute atomic E-state index is 0.0327. The average molecular weight is 452 g/mol. The van der Waals surface area contributed by atoms with E-state index in [2.05, 4.69) is 5.32 Å². The van der Waals surface area contributed by atoms with Crippen molar-refractivity contribution in [1.29, 1.82) is 0 Å². The Labute approximate surface area is 193 Å². The van der Waals surface area contributed by atoms with E-state index in [1.165, 1.54) is 6.92 Å². The molecular weight excluding hydrogens is 422 g/mol. The summed E-state index contributed by atoms with van der Waals surface area (Å²) in [6.07, 6.45) is 1.87. The molecule has 0 heterocycles. The molecule has 0 saturated heterocycles. The van der Waals surface area contributed by atoms with Crippen molar-refractivity contribution < 1.29 is 28.6 Å². The summed E-state index contributed by atoms with van der Waals surface area (Å²) in [5.74, 6) is -0.985. The topological polar surface area (TPSA) is 90.9 Å². The number of esters is 2. The van der Waals surface area contributed by atoms with Gasteiger partial charge in [0.2, 0.25) is 0 Å². The highest BCUT2D eigenvalue weighted by Crippen LogP contribution is 2.26. The molecule has 0 fully saturated rings. The Bertz CT molecular complexity index is 1050. The van der Waals surface area contributed by atoms with Gasteiger partial charge in [-0.3, -0.25) is 10.1 Å². The highest BCUT2D eigenvalue weighted by Gasteiger charge is 2.25. The number of alkyl carbamates (subject to hydrolysis) is 1. The van der Waals surface area contributed by atoms with Gasteiger partial charge < -0.3 is 14.2 Å². The van der Waals surface area contributed by atoms with E-state index in [-0.39, 0.29) is 24.4 Å². The van der Waals surface area contributed by atoms with Gasteiger partial charge in [-0.15, -0.1) is 0 Å². The Morgan fingerprint density at radius 1 is 1.03 bits per heavy atom. The molecule has 7 nitrogen and oxygen atoms in total. The highest BCUT2D eigenvalue weighted by molar-refractivity contribution is 5.96. The number of hydrogen-bond acceptors (Lipinski definition) is 6. The van der Waals surface area contributed by atoms with Gasteiger partial charge in [0.05, 0.1) is 0 Å². The van der Waals surface area contributed by atoms with Gasteiger partial charge in [-0.05, 0) is 49.1 Å². The average Bonchev–Trinajstić information content (AvgIpc) is 3.11. The molecule has 0 radical (unpaired) electrons. The smallest absolute Gasteiger partial charge is 0.412 e. The Morgan fingerprint density at radius 3 is 2.39 bits per heavy atom. The van der Waals surface area contributed by atoms with E-state index in [1.807, 2.05) is 48.5 Å². The van der Waals surface area contributed by atoms with Gasteiger partial charge >= 0.3 is 18.0 Å². The van der Waals surface area contributed by atoms with Crippen molar-refractivity contribution in [2.24, 2.45) is 0 Å². The van der Waals surface area contributed by atoms with Gasteiger partial charge in [-0.25, -0.2) is 9.59 Å². The van der Waals surface area contributed by atoms with E-state index in [9.17, 15) is 14.4 Å². The predicted octanol–water partition coefficient (Wildman–Crippen LogP) is 4.33. The van der Waals surface area contributed by atoms with E-state index in [0.717, 1.165) is 16.7 Å². The summed E-state index contributed by atoms with van der Waals surface area (Å²) >= 11 is 0. The zero-order valence-corrected chi connectivity index (χ0v) is 19.3. The summed E-state index contributed by atoms with van der Waals surface area (Å²) in [7, 11) is 0. The second kappa shape index (κ2) is 10.3. The fraction of sp³-hybridized carbons (Fsp3) is 0.346. The van der Waals surface area contributed by atoms with Gasteiger partial charge in [0.15, 0.2) is 0 Å². The van der Waals surface area contributed by atoms with E-state index >= 15 is 0 Å². The lowest BCUT2D eigenvalue weighted by Gasteiger charge is -2.20. The maximum atomic E-state index is 12.8. The molecule has 0 saturated carbocycles. The van der Waals surface area contributed by atoms with Crippen molar-refractivity contribution in [3.63, 3.8) is 0 Å². The van der Waals surface area contributed by atoms with Crippen LogP contribution in [-0.2, 0) is 43.2 Å². The van der Waals surface area contributed by atoms with Crippen LogP contribution in [-0.4, -0.2) is 29.7 Å². The maximum Gasteiger partial charge on any atom is 0.412 e. The second-order valence-electron chi connectivity index (χ2n) is 8.91. The Kier molecular flexibility index (Phi) is 7.53. The summed E-state index contributed by atoms with van der Waals surface area (Å²) in [6.45, 7) is 6.69. The first-order valence-electron chi connectivity index (χ1n) is 10.8. The molecular formula is C26H29NO6. The van der Waals surface area contributed by atoms with Crippen molar-refractivity contribution in [2.75, 3.05) is 0 Å². The third-order valence-corrected chi connectivity index (χ3v) is 4.84. The largest absolute Gasteiger partial charge is 0.462 e. The zero-order valence-electron chi connectivity index (χ0n) is 19.3. The number of carbonyl (C=O) groups excluding carboxylic acids is 3. The quantitative estimate of drug-likeness (QED) is 0.399. The van der Waals surface area contributed by atoms with Crippen LogP contribution in [0, 0.1) is 0 Å². The lowest BCUT2D eigenvalue weighted by atomic mass is 10.1. The second-order valence-corrected chi connectivity index (χ2v) is 8.91. The molecule has 1 unspecified atom stereocenters. The van der Waals surface area contributed by atoms with Gasteiger partial charge in [-0.1, -0.05) is 48.5 Å². The lowest BCUT2D eigenvalue weighted by Crippen LogP contribution is -2.34. The summed E-state index contributed by atoms with van der Waals surface area (Å²) in [6, 6.07) is 15.0. The number of hydrogen-bond donors (Lipinski definition) is 1. The molecule has 33 heavy (non-hydrogen) atoms. The normalized spacial score (nSPS) is 15.4. The molecule has 2 aromatic carbocycles. The Balaban J connectivity index is 1.79. The van der Waals surface area contributed by atoms with Gasteiger partial charge in [0, 0.05) is 19.8 Å². The van der Waals surface area contributed by atoms with Crippen molar-refractivity contribution in [2.45, 2.75) is 58.8 Å². The predicted molar refractivity (Wildman–Crippen MR) is 123 cm³/mol. The molecule has 174 valence electrons. The molecule has 1 N–H and O–H groups in total. The van der Waals surface area contributed by atoms with Crippen LogP contribution in [0.2, 0.25) is 0 Å². The van der Waals surface area contributed by atoms with Crippen LogP contribution in [0.1, 0.15) is 49.9 Å². The summed E-state index contributed by atoms with van der Waals surface area (Å²) in [5, 5.41) is 2.52. The molecule has 1 amide bonds. The SMILES string of the molecule is CC(=O)OC1Cc2ccc(/C=C(/NC(=O)OC(C)(C)C)C(=O)OCc3ccccc3)cc2C1. The zero-order chi connectivity index (χ0) is 24.0. The summed E-state index contributed by atoms with van der Waals surface area (Å²) < 4.78 is 16.0. The molecule has 1 aliphatic carbocycles. The minimum atomic E-state index is -0.749. The number of fused-ring (bicyclic) bond motifs is 1. The number of nitrogens with one attached hydrogen (secondary N) is 1. The summed E-state index contributed by atoms with van der Waals surface area (Å²) in [4.78, 5) is 36.4. The Hall–Kier alpha value is -3.61. The molecule has 0 aliphatic heterocycles. The number of ether oxygens (including phenoxy) is 3. The monoisotopic (exact) mass is 451 g/mol. The third kappa shape index (κ3) is 7.49. The van der Waals surface area contributed by atoms with Crippen LogP contribution in [0.4, 0.5) is 4.79 Å². The number of benzene rings is 2. The highest BCUT2D eigenvalue weighted by atomic mass is 16.6. The van der Waals surface area contributed by atoms with Crippen LogP contribution >= 0.6 is 0 Å². The van der Waals surface area contributed by atoms with Crippen molar-refractivity contribution in [1.82, 2.24) is 5.32 Å². The maximum absolute atomic E-state index is 12.8. The summed E-state index contributed by atoms with van der Waals surface area (Å²) in [5.41, 5.74) is 2.91. The van der Waals surface area contributed by atoms with Crippen LogP contribution in [0.15, 0.2) is 54.2 Å². The van der Waals surface area contributed by atoms with Crippen LogP contribution in [0.5, 0.6) is 0 Å². The van der Waals surface area contributed by atoms with E-state index < -0.39 is 17.7 Å². The molecule has 0 bridgehead atoms. The fourth-order valence-electron chi connectivity index (χ4n) is 3.53. The first-order valence-corrected chi connectivity index (χ1v) is 10.8. The van der Waals surface area contributed by atoms with Gasteiger partial charge in [0.25, 0.3) is 0 Å². The fourth-order valence-corrected chi connectivity index (χ4v) is 3.53. The molecule has 3 rings (SSSR count). The van der Waals surface area contributed by atoms with E-state index in [4.69, 9.17) is 14.2 Å². The number of amides is 1. The minimum Gasteiger partial charge on any atom is -0.462 e. The number of carbonyl (C=O) groups is 3. The standard InChI is InChI=1S/C26H29NO6/c1-17(28)32-22-14-20-11-10-19(12-21(20)15-22)13-23(27-25(30)33-26(2,3)4)24(29)31-16-18-8-6-5-7-9-18/h5-13,22H,14-16H2,1-4H3,(H,27,30)/b23-13+. The van der Waals surface area contributed by atoms with Gasteiger partial charge in [0.1, 0.15) is 24.0 Å². The molecule has 1 atom stereocenters. The van der Waals surface area contributed by atoms with E-state index in [1.54, 1.807) is 26.8 Å². The molecule has 0 aromatic heterocycles. The first kappa shape index (κ1) is 24.0. The van der Waals surface area contributed by atoms with Crippen LogP contribution in [0.25, 0.3) is 6.08 Å². The molecule has 0 spiro atoms. The number of rotatable bonds is 6. The molecule has 2 aromatic rings. The Morgan fingerprint density at radius 2 is 1.73 bits per heavy atom. The first-order chi connectivity index (χ1) is 15.6. The molecule has 1 aliphatic rings. The third-order valence-electron chi connectivity index (χ3n) is 4.84. The lowest BCUT2D eigenvalue weighted by molar-refractivity contribution is -0.145. The molecule has 7 heteroatoms.